The van der Waals surface area contributed by atoms with Gasteiger partial charge in [-0.25, -0.2) is 0 Å². The Bertz CT molecular complexity index is 194. The van der Waals surface area contributed by atoms with Crippen LogP contribution in [0.25, 0.3) is 0 Å². The molecule has 3 unspecified atom stereocenters. The Balaban J connectivity index is 2.26. The van der Waals surface area contributed by atoms with E-state index in [0.717, 1.165) is 38.7 Å². The zero-order valence-electron chi connectivity index (χ0n) is 11.0. The van der Waals surface area contributed by atoms with Gasteiger partial charge in [-0.3, -0.25) is 0 Å². The molecule has 0 aromatic carbocycles. The molecule has 0 radical (unpaired) electrons. The van der Waals surface area contributed by atoms with E-state index in [2.05, 4.69) is 19.2 Å². The maximum absolute atomic E-state index is 10.1. The van der Waals surface area contributed by atoms with Gasteiger partial charge in [-0.1, -0.05) is 20.3 Å². The molecule has 0 bridgehead atoms. The average molecular weight is 229 g/mol. The molecule has 1 aliphatic rings. The standard InChI is InChI=1S/C13H27NO2/c1-4-7-13(3,15)10-14-11-6-8-16-12(5-2)9-11/h11-12,14-15H,4-10H2,1-3H3. The molecular formula is C13H27NO2. The summed E-state index contributed by atoms with van der Waals surface area (Å²) in [6, 6.07) is 0.516. The van der Waals surface area contributed by atoms with Gasteiger partial charge in [0.1, 0.15) is 0 Å². The molecule has 16 heavy (non-hydrogen) atoms. The van der Waals surface area contributed by atoms with Crippen LogP contribution in [-0.4, -0.2) is 36.0 Å². The highest BCUT2D eigenvalue weighted by atomic mass is 16.5. The highest BCUT2D eigenvalue weighted by Crippen LogP contribution is 2.17. The normalized spacial score (nSPS) is 30.0. The Labute approximate surface area is 99.6 Å². The first-order valence-electron chi connectivity index (χ1n) is 6.64. The van der Waals surface area contributed by atoms with Crippen LogP contribution < -0.4 is 5.32 Å². The van der Waals surface area contributed by atoms with Gasteiger partial charge < -0.3 is 15.2 Å². The van der Waals surface area contributed by atoms with Crippen LogP contribution in [0.2, 0.25) is 0 Å². The SMILES string of the molecule is CCCC(C)(O)CNC1CCOC(CC)C1. The van der Waals surface area contributed by atoms with E-state index in [1.54, 1.807) is 0 Å². The third kappa shape index (κ3) is 4.81. The van der Waals surface area contributed by atoms with Gasteiger partial charge in [0.15, 0.2) is 0 Å². The number of aliphatic hydroxyl groups is 1. The Hall–Kier alpha value is -0.120. The Morgan fingerprint density at radius 2 is 2.19 bits per heavy atom. The van der Waals surface area contributed by atoms with Crippen molar-refractivity contribution >= 4 is 0 Å². The van der Waals surface area contributed by atoms with Crippen molar-refractivity contribution in [1.29, 1.82) is 0 Å². The summed E-state index contributed by atoms with van der Waals surface area (Å²) in [7, 11) is 0. The minimum Gasteiger partial charge on any atom is -0.389 e. The number of nitrogens with one attached hydrogen (secondary N) is 1. The second kappa shape index (κ2) is 6.58. The molecular weight excluding hydrogens is 202 g/mol. The molecule has 3 nitrogen and oxygen atoms in total. The molecule has 1 fully saturated rings. The lowest BCUT2D eigenvalue weighted by Crippen LogP contribution is -2.46. The van der Waals surface area contributed by atoms with E-state index < -0.39 is 5.60 Å². The molecule has 3 heteroatoms. The highest BCUT2D eigenvalue weighted by molar-refractivity contribution is 4.81. The van der Waals surface area contributed by atoms with E-state index in [1.165, 1.54) is 0 Å². The molecule has 0 amide bonds. The Morgan fingerprint density at radius 1 is 1.44 bits per heavy atom. The molecule has 96 valence electrons. The molecule has 1 saturated heterocycles. The molecule has 1 heterocycles. The van der Waals surface area contributed by atoms with Crippen molar-refractivity contribution < 1.29 is 9.84 Å². The molecule has 1 rings (SSSR count). The van der Waals surface area contributed by atoms with Crippen molar-refractivity contribution in [2.45, 2.75) is 70.6 Å². The summed E-state index contributed by atoms with van der Waals surface area (Å²) < 4.78 is 5.63. The first kappa shape index (κ1) is 13.9. The number of hydrogen-bond acceptors (Lipinski definition) is 3. The average Bonchev–Trinajstić information content (AvgIpc) is 2.27. The predicted octanol–water partition coefficient (Wildman–Crippen LogP) is 2.08. The Morgan fingerprint density at radius 3 is 2.81 bits per heavy atom. The van der Waals surface area contributed by atoms with Gasteiger partial charge >= 0.3 is 0 Å². The van der Waals surface area contributed by atoms with Crippen LogP contribution in [0, 0.1) is 0 Å². The monoisotopic (exact) mass is 229 g/mol. The number of rotatable bonds is 6. The topological polar surface area (TPSA) is 41.5 Å². The van der Waals surface area contributed by atoms with Crippen LogP contribution in [0.3, 0.4) is 0 Å². The molecule has 1 aliphatic heterocycles. The van der Waals surface area contributed by atoms with Crippen LogP contribution in [0.4, 0.5) is 0 Å². The molecule has 0 spiro atoms. The largest absolute Gasteiger partial charge is 0.389 e. The van der Waals surface area contributed by atoms with Crippen molar-refractivity contribution in [2.24, 2.45) is 0 Å². The van der Waals surface area contributed by atoms with Gasteiger partial charge in [-0.05, 0) is 32.6 Å². The second-order valence-electron chi connectivity index (χ2n) is 5.25. The fourth-order valence-electron chi connectivity index (χ4n) is 2.34. The van der Waals surface area contributed by atoms with E-state index in [0.29, 0.717) is 18.7 Å². The lowest BCUT2D eigenvalue weighted by Gasteiger charge is -2.32. The van der Waals surface area contributed by atoms with Crippen molar-refractivity contribution in [1.82, 2.24) is 5.32 Å². The molecule has 0 aromatic rings. The fraction of sp³-hybridized carbons (Fsp3) is 1.00. The van der Waals surface area contributed by atoms with Gasteiger partial charge in [0.25, 0.3) is 0 Å². The van der Waals surface area contributed by atoms with Crippen LogP contribution >= 0.6 is 0 Å². The van der Waals surface area contributed by atoms with Crippen molar-refractivity contribution in [3.8, 4) is 0 Å². The quantitative estimate of drug-likeness (QED) is 0.733. The van der Waals surface area contributed by atoms with Crippen molar-refractivity contribution in [3.05, 3.63) is 0 Å². The maximum Gasteiger partial charge on any atom is 0.0743 e. The minimum absolute atomic E-state index is 0.405. The molecule has 0 aromatic heterocycles. The van der Waals surface area contributed by atoms with Gasteiger partial charge in [0, 0.05) is 19.2 Å². The zero-order valence-corrected chi connectivity index (χ0v) is 11.0. The highest BCUT2D eigenvalue weighted by Gasteiger charge is 2.24. The van der Waals surface area contributed by atoms with Crippen molar-refractivity contribution in [3.63, 3.8) is 0 Å². The smallest absolute Gasteiger partial charge is 0.0743 e. The second-order valence-corrected chi connectivity index (χ2v) is 5.25. The minimum atomic E-state index is -0.561. The zero-order chi connectivity index (χ0) is 12.0. The first-order valence-corrected chi connectivity index (χ1v) is 6.64. The van der Waals surface area contributed by atoms with Gasteiger partial charge in [0.2, 0.25) is 0 Å². The third-order valence-corrected chi connectivity index (χ3v) is 3.38. The summed E-state index contributed by atoms with van der Waals surface area (Å²) in [4.78, 5) is 0. The maximum atomic E-state index is 10.1. The lowest BCUT2D eigenvalue weighted by molar-refractivity contribution is -0.00861. The summed E-state index contributed by atoms with van der Waals surface area (Å²) >= 11 is 0. The van der Waals surface area contributed by atoms with Gasteiger partial charge in [-0.15, -0.1) is 0 Å². The van der Waals surface area contributed by atoms with E-state index in [1.807, 2.05) is 6.92 Å². The van der Waals surface area contributed by atoms with Crippen molar-refractivity contribution in [2.75, 3.05) is 13.2 Å². The van der Waals surface area contributed by atoms with E-state index in [-0.39, 0.29) is 0 Å². The molecule has 0 saturated carbocycles. The lowest BCUT2D eigenvalue weighted by atomic mass is 9.97. The van der Waals surface area contributed by atoms with Crippen LogP contribution in [0.5, 0.6) is 0 Å². The summed E-state index contributed by atoms with van der Waals surface area (Å²) in [5.74, 6) is 0. The van der Waals surface area contributed by atoms with E-state index in [4.69, 9.17) is 4.74 Å². The summed E-state index contributed by atoms with van der Waals surface area (Å²) in [5.41, 5.74) is -0.561. The van der Waals surface area contributed by atoms with E-state index in [9.17, 15) is 5.11 Å². The molecule has 0 aliphatic carbocycles. The van der Waals surface area contributed by atoms with E-state index >= 15 is 0 Å². The first-order chi connectivity index (χ1) is 7.57. The number of hydrogen-bond donors (Lipinski definition) is 2. The van der Waals surface area contributed by atoms with Crippen LogP contribution in [-0.2, 0) is 4.74 Å². The summed E-state index contributed by atoms with van der Waals surface area (Å²) in [6.45, 7) is 7.74. The van der Waals surface area contributed by atoms with Gasteiger partial charge in [-0.2, -0.15) is 0 Å². The van der Waals surface area contributed by atoms with Crippen LogP contribution in [0.1, 0.15) is 52.9 Å². The third-order valence-electron chi connectivity index (χ3n) is 3.38. The summed E-state index contributed by atoms with van der Waals surface area (Å²) in [5, 5.41) is 13.6. The molecule has 2 N–H and O–H groups in total. The number of ether oxygens (including phenoxy) is 1. The predicted molar refractivity (Wildman–Crippen MR) is 66.6 cm³/mol. The summed E-state index contributed by atoms with van der Waals surface area (Å²) in [6.07, 6.45) is 5.53. The van der Waals surface area contributed by atoms with Gasteiger partial charge in [0.05, 0.1) is 11.7 Å². The molecule has 3 atom stereocenters. The fourth-order valence-corrected chi connectivity index (χ4v) is 2.34. The Kier molecular flexibility index (Phi) is 5.73. The van der Waals surface area contributed by atoms with Crippen LogP contribution in [0.15, 0.2) is 0 Å².